The van der Waals surface area contributed by atoms with Crippen LogP contribution in [0.5, 0.6) is 5.75 Å². The average molecular weight is 419 g/mol. The molecule has 1 aromatic carbocycles. The highest BCUT2D eigenvalue weighted by Gasteiger charge is 2.34. The van der Waals surface area contributed by atoms with Gasteiger partial charge in [-0.3, -0.25) is 4.79 Å². The molecule has 8 heteroatoms. The maximum Gasteiger partial charge on any atom is 0.226 e. The van der Waals surface area contributed by atoms with Gasteiger partial charge in [0.15, 0.2) is 11.6 Å². The van der Waals surface area contributed by atoms with E-state index in [9.17, 15) is 4.79 Å². The van der Waals surface area contributed by atoms with E-state index in [1.54, 1.807) is 4.68 Å². The number of fused-ring (bicyclic) bond motifs is 1. The Bertz CT molecular complexity index is 1100. The monoisotopic (exact) mass is 418 g/mol. The summed E-state index contributed by atoms with van der Waals surface area (Å²) < 4.78 is 7.54. The van der Waals surface area contributed by atoms with Gasteiger partial charge < -0.3 is 15.0 Å². The number of anilines is 2. The van der Waals surface area contributed by atoms with Gasteiger partial charge in [0.1, 0.15) is 11.6 Å². The first kappa shape index (κ1) is 19.5. The van der Waals surface area contributed by atoms with Crippen molar-refractivity contribution in [2.45, 2.75) is 39.0 Å². The molecule has 1 unspecified atom stereocenters. The normalized spacial score (nSPS) is 18.1. The van der Waals surface area contributed by atoms with E-state index >= 15 is 0 Å². The second-order valence-corrected chi connectivity index (χ2v) is 7.98. The second kappa shape index (κ2) is 8.02. The lowest BCUT2D eigenvalue weighted by Crippen LogP contribution is -2.25. The molecule has 8 nitrogen and oxygen atoms in total. The van der Waals surface area contributed by atoms with Crippen LogP contribution in [0.15, 0.2) is 36.4 Å². The summed E-state index contributed by atoms with van der Waals surface area (Å²) in [5, 5.41) is 16.6. The molecule has 31 heavy (non-hydrogen) atoms. The van der Waals surface area contributed by atoms with Crippen molar-refractivity contribution in [2.75, 3.05) is 29.9 Å². The Labute approximate surface area is 181 Å². The molecular formula is C23H26N6O2. The standard InChI is InChI=1S/C23H26N6O2/c1-3-31-18-9-5-4-8-16(18)17-14-21(30)24-23-22(17)15(2)27-29(23)20-11-10-19(25-26-20)28-12-6-7-13-28/h4-5,8-11,17H,3,6-7,12-14H2,1-2H3,(H,24,30). The minimum absolute atomic E-state index is 0.0494. The molecule has 0 aliphatic carbocycles. The number of carbonyl (C=O) groups excluding carboxylic acids is 1. The molecule has 160 valence electrons. The van der Waals surface area contributed by atoms with Crippen molar-refractivity contribution < 1.29 is 9.53 Å². The average Bonchev–Trinajstić information content (AvgIpc) is 3.43. The number of aromatic nitrogens is 4. The summed E-state index contributed by atoms with van der Waals surface area (Å²) in [5.41, 5.74) is 2.85. The number of hydrogen-bond acceptors (Lipinski definition) is 6. The molecule has 2 aromatic heterocycles. The van der Waals surface area contributed by atoms with Gasteiger partial charge in [-0.25, -0.2) is 0 Å². The predicted molar refractivity (Wildman–Crippen MR) is 118 cm³/mol. The van der Waals surface area contributed by atoms with Crippen molar-refractivity contribution in [3.05, 3.63) is 53.2 Å². The number of rotatable bonds is 5. The summed E-state index contributed by atoms with van der Waals surface area (Å²) in [7, 11) is 0. The summed E-state index contributed by atoms with van der Waals surface area (Å²) in [6, 6.07) is 11.8. The topological polar surface area (TPSA) is 85.2 Å². The Balaban J connectivity index is 1.55. The van der Waals surface area contributed by atoms with Crippen LogP contribution in [0.1, 0.15) is 48.9 Å². The molecular weight excluding hydrogens is 392 g/mol. The number of benzene rings is 1. The van der Waals surface area contributed by atoms with Crippen molar-refractivity contribution in [2.24, 2.45) is 0 Å². The van der Waals surface area contributed by atoms with Gasteiger partial charge in [0, 0.05) is 36.6 Å². The molecule has 1 N–H and O–H groups in total. The second-order valence-electron chi connectivity index (χ2n) is 7.98. The summed E-state index contributed by atoms with van der Waals surface area (Å²) >= 11 is 0. The van der Waals surface area contributed by atoms with Crippen molar-refractivity contribution in [3.8, 4) is 11.6 Å². The quantitative estimate of drug-likeness (QED) is 0.683. The van der Waals surface area contributed by atoms with E-state index in [4.69, 9.17) is 9.84 Å². The Kier molecular flexibility index (Phi) is 5.05. The van der Waals surface area contributed by atoms with Crippen LogP contribution >= 0.6 is 0 Å². The molecule has 0 saturated carbocycles. The lowest BCUT2D eigenvalue weighted by molar-refractivity contribution is -0.116. The molecule has 4 heterocycles. The number of nitrogens with one attached hydrogen (secondary N) is 1. The summed E-state index contributed by atoms with van der Waals surface area (Å²) in [6.45, 7) is 6.53. The molecule has 0 radical (unpaired) electrons. The first-order valence-electron chi connectivity index (χ1n) is 10.9. The molecule has 1 atom stereocenters. The number of ether oxygens (including phenoxy) is 1. The van der Waals surface area contributed by atoms with Crippen LogP contribution in [0.25, 0.3) is 5.82 Å². The van der Waals surface area contributed by atoms with Crippen LogP contribution in [-0.4, -0.2) is 45.6 Å². The lowest BCUT2D eigenvalue weighted by Gasteiger charge is -2.25. The molecule has 0 bridgehead atoms. The van der Waals surface area contributed by atoms with Gasteiger partial charge in [-0.05, 0) is 44.9 Å². The van der Waals surface area contributed by atoms with Crippen LogP contribution in [0.2, 0.25) is 0 Å². The lowest BCUT2D eigenvalue weighted by atomic mass is 9.85. The summed E-state index contributed by atoms with van der Waals surface area (Å²) in [5.74, 6) is 2.76. The van der Waals surface area contributed by atoms with E-state index in [0.717, 1.165) is 41.5 Å². The number of amides is 1. The number of nitrogens with zero attached hydrogens (tertiary/aromatic N) is 5. The smallest absolute Gasteiger partial charge is 0.226 e. The number of aryl methyl sites for hydroxylation is 1. The first-order valence-corrected chi connectivity index (χ1v) is 10.9. The van der Waals surface area contributed by atoms with Crippen LogP contribution < -0.4 is 15.0 Å². The van der Waals surface area contributed by atoms with Gasteiger partial charge in [-0.2, -0.15) is 9.78 Å². The molecule has 1 amide bonds. The van der Waals surface area contributed by atoms with E-state index < -0.39 is 0 Å². The van der Waals surface area contributed by atoms with E-state index in [1.807, 2.05) is 50.2 Å². The first-order chi connectivity index (χ1) is 15.2. The maximum absolute atomic E-state index is 12.7. The molecule has 1 fully saturated rings. The van der Waals surface area contributed by atoms with Gasteiger partial charge in [0.25, 0.3) is 0 Å². The van der Waals surface area contributed by atoms with Gasteiger partial charge in [-0.1, -0.05) is 18.2 Å². The highest BCUT2D eigenvalue weighted by molar-refractivity contribution is 5.95. The Morgan fingerprint density at radius 2 is 1.84 bits per heavy atom. The third-order valence-electron chi connectivity index (χ3n) is 5.98. The van der Waals surface area contributed by atoms with Gasteiger partial charge >= 0.3 is 0 Å². The summed E-state index contributed by atoms with van der Waals surface area (Å²) in [4.78, 5) is 14.9. The predicted octanol–water partition coefficient (Wildman–Crippen LogP) is 3.44. The molecule has 2 aliphatic rings. The number of carbonyl (C=O) groups is 1. The van der Waals surface area contributed by atoms with E-state index in [2.05, 4.69) is 20.4 Å². The van der Waals surface area contributed by atoms with E-state index in [-0.39, 0.29) is 11.8 Å². The fourth-order valence-corrected chi connectivity index (χ4v) is 4.58. The molecule has 5 rings (SSSR count). The largest absolute Gasteiger partial charge is 0.494 e. The zero-order valence-electron chi connectivity index (χ0n) is 17.8. The minimum atomic E-state index is -0.128. The van der Waals surface area contributed by atoms with Crippen LogP contribution in [0, 0.1) is 6.92 Å². The Hall–Kier alpha value is -3.42. The zero-order valence-corrected chi connectivity index (χ0v) is 17.8. The third-order valence-corrected chi connectivity index (χ3v) is 5.98. The van der Waals surface area contributed by atoms with Crippen molar-refractivity contribution >= 4 is 17.5 Å². The van der Waals surface area contributed by atoms with Crippen molar-refractivity contribution in [1.82, 2.24) is 20.0 Å². The number of para-hydroxylation sites is 1. The SMILES string of the molecule is CCOc1ccccc1C1CC(=O)Nc2c1c(C)nn2-c1ccc(N2CCCC2)nn1. The molecule has 3 aromatic rings. The zero-order chi connectivity index (χ0) is 21.4. The van der Waals surface area contributed by atoms with Gasteiger partial charge in [-0.15, -0.1) is 10.2 Å². The van der Waals surface area contributed by atoms with Crippen molar-refractivity contribution in [1.29, 1.82) is 0 Å². The Morgan fingerprint density at radius 1 is 1.10 bits per heavy atom. The van der Waals surface area contributed by atoms with Crippen LogP contribution in [0.4, 0.5) is 11.6 Å². The Morgan fingerprint density at radius 3 is 2.58 bits per heavy atom. The molecule has 0 spiro atoms. The van der Waals surface area contributed by atoms with E-state index in [1.165, 1.54) is 12.8 Å². The summed E-state index contributed by atoms with van der Waals surface area (Å²) in [6.07, 6.45) is 2.72. The number of hydrogen-bond donors (Lipinski definition) is 1. The van der Waals surface area contributed by atoms with Crippen molar-refractivity contribution in [3.63, 3.8) is 0 Å². The highest BCUT2D eigenvalue weighted by atomic mass is 16.5. The van der Waals surface area contributed by atoms with Crippen LogP contribution in [-0.2, 0) is 4.79 Å². The third kappa shape index (κ3) is 3.52. The van der Waals surface area contributed by atoms with E-state index in [0.29, 0.717) is 24.7 Å². The maximum atomic E-state index is 12.7. The van der Waals surface area contributed by atoms with Crippen LogP contribution in [0.3, 0.4) is 0 Å². The van der Waals surface area contributed by atoms with Gasteiger partial charge in [0.2, 0.25) is 5.91 Å². The van der Waals surface area contributed by atoms with Gasteiger partial charge in [0.05, 0.1) is 12.3 Å². The molecule has 1 saturated heterocycles. The minimum Gasteiger partial charge on any atom is -0.494 e. The fourth-order valence-electron chi connectivity index (χ4n) is 4.58. The molecule has 2 aliphatic heterocycles. The fraction of sp³-hybridized carbons (Fsp3) is 0.391. The highest BCUT2D eigenvalue weighted by Crippen LogP contribution is 2.42.